The van der Waals surface area contributed by atoms with E-state index in [0.29, 0.717) is 19.6 Å². The Kier molecular flexibility index (Phi) is 5.89. The van der Waals surface area contributed by atoms with Gasteiger partial charge in [-0.1, -0.05) is 5.21 Å². The Morgan fingerprint density at radius 1 is 1.52 bits per heavy atom. The summed E-state index contributed by atoms with van der Waals surface area (Å²) in [6.07, 6.45) is 1.80. The first-order valence-corrected chi connectivity index (χ1v) is 8.29. The second-order valence-electron chi connectivity index (χ2n) is 4.55. The molecule has 2 rings (SSSR count). The molecule has 0 aliphatic rings. The van der Waals surface area contributed by atoms with Crippen molar-refractivity contribution in [3.8, 4) is 0 Å². The summed E-state index contributed by atoms with van der Waals surface area (Å²) in [6.45, 7) is 4.15. The van der Waals surface area contributed by atoms with Crippen LogP contribution in [0.5, 0.6) is 0 Å². The van der Waals surface area contributed by atoms with Crippen LogP contribution in [0.4, 0.5) is 0 Å². The van der Waals surface area contributed by atoms with E-state index in [2.05, 4.69) is 31.6 Å². The zero-order valence-electron chi connectivity index (χ0n) is 12.0. The molecule has 0 spiro atoms. The maximum Gasteiger partial charge on any atom is 0.244 e. The van der Waals surface area contributed by atoms with Gasteiger partial charge < -0.3 is 10.2 Å². The molecule has 0 aromatic carbocycles. The molecule has 114 valence electrons. The van der Waals surface area contributed by atoms with Crippen LogP contribution in [0.2, 0.25) is 0 Å². The number of nitrogens with zero attached hydrogens (tertiary/aromatic N) is 4. The van der Waals surface area contributed by atoms with Gasteiger partial charge >= 0.3 is 0 Å². The van der Waals surface area contributed by atoms with Gasteiger partial charge in [0.25, 0.3) is 0 Å². The molecule has 1 N–H and O–H groups in total. The average molecular weight is 372 g/mol. The second kappa shape index (κ2) is 7.67. The lowest BCUT2D eigenvalue weighted by molar-refractivity contribution is -0.132. The minimum atomic E-state index is 0.0444. The Morgan fingerprint density at radius 3 is 2.95 bits per heavy atom. The van der Waals surface area contributed by atoms with Crippen molar-refractivity contribution in [3.63, 3.8) is 0 Å². The van der Waals surface area contributed by atoms with Gasteiger partial charge in [0, 0.05) is 18.0 Å². The van der Waals surface area contributed by atoms with E-state index < -0.39 is 0 Å². The van der Waals surface area contributed by atoms with Gasteiger partial charge in [-0.25, -0.2) is 4.68 Å². The van der Waals surface area contributed by atoms with Crippen LogP contribution in [0.3, 0.4) is 0 Å². The molecule has 0 saturated carbocycles. The molecule has 2 aromatic heterocycles. The molecule has 0 radical (unpaired) electrons. The van der Waals surface area contributed by atoms with E-state index in [1.54, 1.807) is 22.2 Å². The summed E-state index contributed by atoms with van der Waals surface area (Å²) in [4.78, 5) is 15.3. The SMILES string of the molecule is CCN(Cc1ccc(Br)s1)C(=O)Cn1cc(CNC)nn1. The van der Waals surface area contributed by atoms with Gasteiger partial charge in [-0.3, -0.25) is 4.79 Å². The third-order valence-corrected chi connectivity index (χ3v) is 4.56. The number of halogens is 1. The molecule has 0 bridgehead atoms. The smallest absolute Gasteiger partial charge is 0.244 e. The van der Waals surface area contributed by atoms with Gasteiger partial charge in [0.15, 0.2) is 0 Å². The Bertz CT molecular complexity index is 597. The topological polar surface area (TPSA) is 63.1 Å². The highest BCUT2D eigenvalue weighted by Gasteiger charge is 2.14. The Balaban J connectivity index is 1.95. The van der Waals surface area contributed by atoms with Crippen LogP contribution in [0.1, 0.15) is 17.5 Å². The van der Waals surface area contributed by atoms with Gasteiger partial charge in [-0.15, -0.1) is 16.4 Å². The van der Waals surface area contributed by atoms with Crippen molar-refractivity contribution in [1.29, 1.82) is 0 Å². The van der Waals surface area contributed by atoms with Crippen LogP contribution < -0.4 is 5.32 Å². The molecule has 1 amide bonds. The number of hydrogen-bond acceptors (Lipinski definition) is 5. The molecule has 0 fully saturated rings. The van der Waals surface area contributed by atoms with E-state index in [0.717, 1.165) is 14.4 Å². The molecule has 0 saturated heterocycles. The zero-order chi connectivity index (χ0) is 15.2. The molecule has 2 aromatic rings. The lowest BCUT2D eigenvalue weighted by Gasteiger charge is -2.19. The first-order valence-electron chi connectivity index (χ1n) is 6.68. The Morgan fingerprint density at radius 2 is 2.33 bits per heavy atom. The normalized spacial score (nSPS) is 10.8. The van der Waals surface area contributed by atoms with Crippen molar-refractivity contribution in [3.05, 3.63) is 32.7 Å². The van der Waals surface area contributed by atoms with Crippen molar-refractivity contribution in [2.75, 3.05) is 13.6 Å². The maximum absolute atomic E-state index is 12.3. The number of hydrogen-bond donors (Lipinski definition) is 1. The van der Waals surface area contributed by atoms with E-state index in [9.17, 15) is 4.79 Å². The largest absolute Gasteiger partial charge is 0.336 e. The Hall–Kier alpha value is -1.25. The molecule has 2 heterocycles. The van der Waals surface area contributed by atoms with Crippen molar-refractivity contribution in [2.45, 2.75) is 26.6 Å². The standard InChI is InChI=1S/C13H18BrN5OS/c1-3-18(8-11-4-5-12(14)21-11)13(20)9-19-7-10(6-15-2)16-17-19/h4-5,7,15H,3,6,8-9H2,1-2H3. The molecule has 0 atom stereocenters. The summed E-state index contributed by atoms with van der Waals surface area (Å²) in [5.41, 5.74) is 0.829. The number of carbonyl (C=O) groups excluding carboxylic acids is 1. The van der Waals surface area contributed by atoms with Crippen LogP contribution in [0.25, 0.3) is 0 Å². The molecule has 6 nitrogen and oxygen atoms in total. The Labute approximate surface area is 136 Å². The van der Waals surface area contributed by atoms with Crippen LogP contribution >= 0.6 is 27.3 Å². The van der Waals surface area contributed by atoms with Crippen molar-refractivity contribution in [2.24, 2.45) is 0 Å². The minimum Gasteiger partial charge on any atom is -0.336 e. The molecular formula is C13H18BrN5OS. The summed E-state index contributed by atoms with van der Waals surface area (Å²) in [5, 5.41) is 11.0. The highest BCUT2D eigenvalue weighted by molar-refractivity contribution is 9.11. The average Bonchev–Trinajstić information content (AvgIpc) is 3.06. The maximum atomic E-state index is 12.3. The van der Waals surface area contributed by atoms with Gasteiger partial charge in [0.2, 0.25) is 5.91 Å². The van der Waals surface area contributed by atoms with E-state index in [4.69, 9.17) is 0 Å². The number of nitrogens with one attached hydrogen (secondary N) is 1. The van der Waals surface area contributed by atoms with E-state index in [-0.39, 0.29) is 12.5 Å². The van der Waals surface area contributed by atoms with Crippen LogP contribution in [0, 0.1) is 0 Å². The summed E-state index contributed by atoms with van der Waals surface area (Å²) in [7, 11) is 1.85. The highest BCUT2D eigenvalue weighted by atomic mass is 79.9. The first kappa shape index (κ1) is 16.1. The molecule has 0 unspecified atom stereocenters. The quantitative estimate of drug-likeness (QED) is 0.806. The highest BCUT2D eigenvalue weighted by Crippen LogP contribution is 2.23. The summed E-state index contributed by atoms with van der Waals surface area (Å²) < 4.78 is 2.66. The predicted molar refractivity (Wildman–Crippen MR) is 85.9 cm³/mol. The van der Waals surface area contributed by atoms with Gasteiger partial charge in [0.1, 0.15) is 6.54 Å². The number of carbonyl (C=O) groups is 1. The van der Waals surface area contributed by atoms with Crippen molar-refractivity contribution < 1.29 is 4.79 Å². The van der Waals surface area contributed by atoms with Crippen LogP contribution in [0.15, 0.2) is 22.1 Å². The predicted octanol–water partition coefficient (Wildman–Crippen LogP) is 1.87. The summed E-state index contributed by atoms with van der Waals surface area (Å²) in [5.74, 6) is 0.0444. The zero-order valence-corrected chi connectivity index (χ0v) is 14.4. The first-order chi connectivity index (χ1) is 10.1. The third kappa shape index (κ3) is 4.62. The molecule has 0 aliphatic carbocycles. The van der Waals surface area contributed by atoms with E-state index in [1.165, 1.54) is 0 Å². The minimum absolute atomic E-state index is 0.0444. The lowest BCUT2D eigenvalue weighted by atomic mass is 10.4. The van der Waals surface area contributed by atoms with E-state index >= 15 is 0 Å². The van der Waals surface area contributed by atoms with Gasteiger partial charge in [0.05, 0.1) is 22.2 Å². The van der Waals surface area contributed by atoms with Gasteiger partial charge in [-0.05, 0) is 42.0 Å². The fourth-order valence-corrected chi connectivity index (χ4v) is 3.42. The molecule has 0 aliphatic heterocycles. The van der Waals surface area contributed by atoms with Crippen molar-refractivity contribution in [1.82, 2.24) is 25.2 Å². The number of thiophene rings is 1. The summed E-state index contributed by atoms with van der Waals surface area (Å²) in [6, 6.07) is 4.03. The van der Waals surface area contributed by atoms with E-state index in [1.807, 2.05) is 31.0 Å². The van der Waals surface area contributed by atoms with Crippen LogP contribution in [-0.2, 0) is 24.4 Å². The number of rotatable bonds is 7. The van der Waals surface area contributed by atoms with Crippen molar-refractivity contribution >= 4 is 33.2 Å². The number of amides is 1. The summed E-state index contributed by atoms with van der Waals surface area (Å²) >= 11 is 5.08. The lowest BCUT2D eigenvalue weighted by Crippen LogP contribution is -2.33. The van der Waals surface area contributed by atoms with Gasteiger partial charge in [-0.2, -0.15) is 0 Å². The molecular weight excluding hydrogens is 354 g/mol. The monoisotopic (exact) mass is 371 g/mol. The molecule has 21 heavy (non-hydrogen) atoms. The fourth-order valence-electron chi connectivity index (χ4n) is 1.92. The van der Waals surface area contributed by atoms with Crippen LogP contribution in [-0.4, -0.2) is 39.4 Å². The number of aromatic nitrogens is 3. The fraction of sp³-hybridized carbons (Fsp3) is 0.462. The number of likely N-dealkylation sites (N-methyl/N-ethyl adjacent to an activating group) is 1. The molecule has 8 heteroatoms. The third-order valence-electron chi connectivity index (χ3n) is 2.95. The second-order valence-corrected chi connectivity index (χ2v) is 7.10.